The SMILES string of the molecule is COc1cccc(C(=O)Cn2cnc3c(C#N)c(N4CCCC(N)C4)n(CCC(C)C)c3c2=O)c1. The number of hydrogen-bond donors (Lipinski definition) is 1. The Morgan fingerprint density at radius 1 is 1.37 bits per heavy atom. The third-order valence-corrected chi connectivity index (χ3v) is 6.50. The molecule has 2 aromatic heterocycles. The van der Waals surface area contributed by atoms with E-state index in [4.69, 9.17) is 10.5 Å². The lowest BCUT2D eigenvalue weighted by molar-refractivity contribution is 0.0970. The molecule has 4 rings (SSSR count). The Balaban J connectivity index is 1.82. The fourth-order valence-corrected chi connectivity index (χ4v) is 4.65. The van der Waals surface area contributed by atoms with Crippen LogP contribution in [0.4, 0.5) is 5.82 Å². The molecule has 0 amide bonds. The topological polar surface area (TPSA) is 119 Å². The van der Waals surface area contributed by atoms with E-state index in [2.05, 4.69) is 29.8 Å². The van der Waals surface area contributed by atoms with Gasteiger partial charge in [-0.3, -0.25) is 14.2 Å². The molecule has 0 aliphatic carbocycles. The molecule has 9 heteroatoms. The first-order valence-electron chi connectivity index (χ1n) is 12.0. The van der Waals surface area contributed by atoms with Gasteiger partial charge in [-0.15, -0.1) is 0 Å². The second-order valence-electron chi connectivity index (χ2n) is 9.52. The van der Waals surface area contributed by atoms with Crippen molar-refractivity contribution in [3.63, 3.8) is 0 Å². The summed E-state index contributed by atoms with van der Waals surface area (Å²) in [4.78, 5) is 33.3. The van der Waals surface area contributed by atoms with Crippen molar-refractivity contribution in [3.8, 4) is 11.8 Å². The molecule has 0 saturated carbocycles. The van der Waals surface area contributed by atoms with Gasteiger partial charge in [0.1, 0.15) is 34.2 Å². The first-order valence-corrected chi connectivity index (χ1v) is 12.0. The molecular formula is C26H32N6O3. The standard InChI is InChI=1S/C26H32N6O3/c1-17(2)9-11-32-24-23(21(13-27)25(32)30-10-5-7-19(28)14-30)29-16-31(26(24)34)15-22(33)18-6-4-8-20(12-18)35-3/h4,6,8,12,16-17,19H,5,7,9-11,14-15,28H2,1-3H3. The number of carbonyl (C=O) groups excluding carboxylic acids is 1. The van der Waals surface area contributed by atoms with Gasteiger partial charge in [-0.2, -0.15) is 5.26 Å². The van der Waals surface area contributed by atoms with Gasteiger partial charge in [0.2, 0.25) is 0 Å². The molecule has 184 valence electrons. The highest BCUT2D eigenvalue weighted by Gasteiger charge is 2.28. The van der Waals surface area contributed by atoms with E-state index in [1.807, 2.05) is 4.57 Å². The van der Waals surface area contributed by atoms with Crippen molar-refractivity contribution in [2.45, 2.75) is 52.2 Å². The van der Waals surface area contributed by atoms with Crippen LogP contribution in [0.3, 0.4) is 0 Å². The van der Waals surface area contributed by atoms with E-state index in [-0.39, 0.29) is 23.9 Å². The molecule has 1 aliphatic rings. The van der Waals surface area contributed by atoms with Gasteiger partial charge in [0.25, 0.3) is 5.56 Å². The minimum Gasteiger partial charge on any atom is -0.497 e. The minimum atomic E-state index is -0.334. The summed E-state index contributed by atoms with van der Waals surface area (Å²) in [6, 6.07) is 9.14. The number of rotatable bonds is 8. The number of aryl methyl sites for hydroxylation is 1. The predicted molar refractivity (Wildman–Crippen MR) is 135 cm³/mol. The van der Waals surface area contributed by atoms with Gasteiger partial charge in [-0.05, 0) is 37.3 Å². The highest BCUT2D eigenvalue weighted by molar-refractivity contribution is 5.96. The van der Waals surface area contributed by atoms with Crippen LogP contribution >= 0.6 is 0 Å². The number of piperidine rings is 1. The number of hydrogen-bond acceptors (Lipinski definition) is 7. The van der Waals surface area contributed by atoms with E-state index in [9.17, 15) is 14.9 Å². The Kier molecular flexibility index (Phi) is 7.22. The van der Waals surface area contributed by atoms with Crippen molar-refractivity contribution in [2.75, 3.05) is 25.1 Å². The number of nitriles is 1. The van der Waals surface area contributed by atoms with Crippen LogP contribution in [0.15, 0.2) is 35.4 Å². The average molecular weight is 477 g/mol. The first kappa shape index (κ1) is 24.5. The molecular weight excluding hydrogens is 444 g/mol. The van der Waals surface area contributed by atoms with Gasteiger partial charge in [0, 0.05) is 31.2 Å². The lowest BCUT2D eigenvalue weighted by Gasteiger charge is -2.33. The number of benzene rings is 1. The number of anilines is 1. The molecule has 1 aromatic carbocycles. The summed E-state index contributed by atoms with van der Waals surface area (Å²) in [5, 5.41) is 10.1. The lowest BCUT2D eigenvalue weighted by Crippen LogP contribution is -2.44. The number of nitrogens with two attached hydrogens (primary N) is 1. The van der Waals surface area contributed by atoms with Gasteiger partial charge in [0.05, 0.1) is 20.0 Å². The van der Waals surface area contributed by atoms with Crippen LogP contribution in [-0.4, -0.2) is 46.1 Å². The summed E-state index contributed by atoms with van der Waals surface area (Å²) in [5.74, 6) is 1.46. The maximum atomic E-state index is 13.7. The minimum absolute atomic E-state index is 0.0111. The van der Waals surface area contributed by atoms with Crippen LogP contribution in [-0.2, 0) is 13.1 Å². The van der Waals surface area contributed by atoms with Crippen molar-refractivity contribution < 1.29 is 9.53 Å². The number of carbonyl (C=O) groups is 1. The van der Waals surface area contributed by atoms with Crippen LogP contribution in [0, 0.1) is 17.2 Å². The molecule has 9 nitrogen and oxygen atoms in total. The summed E-state index contributed by atoms with van der Waals surface area (Å²) >= 11 is 0. The summed E-state index contributed by atoms with van der Waals surface area (Å²) in [6.07, 6.45) is 4.05. The zero-order valence-corrected chi connectivity index (χ0v) is 20.5. The molecule has 1 atom stereocenters. The van der Waals surface area contributed by atoms with Crippen LogP contribution in [0.25, 0.3) is 11.0 Å². The van der Waals surface area contributed by atoms with Crippen molar-refractivity contribution >= 4 is 22.6 Å². The van der Waals surface area contributed by atoms with E-state index < -0.39 is 0 Å². The zero-order valence-electron chi connectivity index (χ0n) is 20.5. The van der Waals surface area contributed by atoms with Gasteiger partial charge in [-0.1, -0.05) is 26.0 Å². The van der Waals surface area contributed by atoms with E-state index in [1.54, 1.807) is 24.3 Å². The third-order valence-electron chi connectivity index (χ3n) is 6.50. The number of ketones is 1. The first-order chi connectivity index (χ1) is 16.8. The smallest absolute Gasteiger partial charge is 0.278 e. The molecule has 0 spiro atoms. The zero-order chi connectivity index (χ0) is 25.1. The Bertz CT molecular complexity index is 1330. The summed E-state index contributed by atoms with van der Waals surface area (Å²) < 4.78 is 8.46. The molecule has 1 aliphatic heterocycles. The van der Waals surface area contributed by atoms with Gasteiger partial charge >= 0.3 is 0 Å². The molecule has 3 heterocycles. The number of aromatic nitrogens is 3. The maximum absolute atomic E-state index is 13.7. The predicted octanol–water partition coefficient (Wildman–Crippen LogP) is 2.93. The summed E-state index contributed by atoms with van der Waals surface area (Å²) in [6.45, 7) is 6.04. The summed E-state index contributed by atoms with van der Waals surface area (Å²) in [7, 11) is 1.54. The highest BCUT2D eigenvalue weighted by atomic mass is 16.5. The Labute approximate surface area is 204 Å². The van der Waals surface area contributed by atoms with Crippen LogP contribution in [0.5, 0.6) is 5.75 Å². The van der Waals surface area contributed by atoms with E-state index in [0.717, 1.165) is 25.8 Å². The second-order valence-corrected chi connectivity index (χ2v) is 9.52. The third kappa shape index (κ3) is 4.93. The average Bonchev–Trinajstić information content (AvgIpc) is 3.18. The Morgan fingerprint density at radius 3 is 2.86 bits per heavy atom. The molecule has 0 bridgehead atoms. The van der Waals surface area contributed by atoms with Gasteiger partial charge in [0.15, 0.2) is 5.78 Å². The van der Waals surface area contributed by atoms with Crippen molar-refractivity contribution in [3.05, 3.63) is 52.1 Å². The van der Waals surface area contributed by atoms with E-state index in [1.165, 1.54) is 18.0 Å². The Morgan fingerprint density at radius 2 is 2.17 bits per heavy atom. The van der Waals surface area contributed by atoms with E-state index >= 15 is 0 Å². The molecule has 2 N–H and O–H groups in total. The molecule has 3 aromatic rings. The highest BCUT2D eigenvalue weighted by Crippen LogP contribution is 2.32. The van der Waals surface area contributed by atoms with Crippen molar-refractivity contribution in [2.24, 2.45) is 11.7 Å². The normalized spacial score (nSPS) is 16.0. The number of nitrogens with zero attached hydrogens (tertiary/aromatic N) is 5. The van der Waals surface area contributed by atoms with Gasteiger partial charge in [-0.25, -0.2) is 4.98 Å². The van der Waals surface area contributed by atoms with Crippen LogP contribution in [0.1, 0.15) is 49.0 Å². The fourth-order valence-electron chi connectivity index (χ4n) is 4.65. The fraction of sp³-hybridized carbons (Fsp3) is 0.462. The second kappa shape index (κ2) is 10.3. The summed E-state index contributed by atoms with van der Waals surface area (Å²) in [5.41, 5.74) is 7.48. The van der Waals surface area contributed by atoms with E-state index in [0.29, 0.717) is 52.7 Å². The molecule has 1 unspecified atom stereocenters. The van der Waals surface area contributed by atoms with Gasteiger partial charge < -0.3 is 19.9 Å². The molecule has 1 saturated heterocycles. The number of ether oxygens (including phenoxy) is 1. The Hall–Kier alpha value is -3.64. The quantitative estimate of drug-likeness (QED) is 0.497. The molecule has 1 fully saturated rings. The van der Waals surface area contributed by atoms with Crippen LogP contribution < -0.4 is 20.9 Å². The lowest BCUT2D eigenvalue weighted by atomic mass is 10.1. The van der Waals surface area contributed by atoms with Crippen molar-refractivity contribution in [1.82, 2.24) is 14.1 Å². The number of methoxy groups -OCH3 is 1. The maximum Gasteiger partial charge on any atom is 0.278 e. The van der Waals surface area contributed by atoms with Crippen molar-refractivity contribution in [1.29, 1.82) is 5.26 Å². The number of Topliss-reactive ketones (excluding diaryl/α,β-unsaturated/α-hetero) is 1. The van der Waals surface area contributed by atoms with Crippen LogP contribution in [0.2, 0.25) is 0 Å². The molecule has 0 radical (unpaired) electrons. The largest absolute Gasteiger partial charge is 0.497 e. The molecule has 35 heavy (non-hydrogen) atoms. The monoisotopic (exact) mass is 476 g/mol. The number of fused-ring (bicyclic) bond motifs is 1.